The number of likely N-dealkylation sites (tertiary alicyclic amines) is 1. The smallest absolute Gasteiger partial charge is 0.387 e. The van der Waals surface area contributed by atoms with Crippen LogP contribution in [0.25, 0.3) is 0 Å². The summed E-state index contributed by atoms with van der Waals surface area (Å²) < 4.78 is 28.7. The van der Waals surface area contributed by atoms with E-state index in [1.165, 1.54) is 24.3 Å². The lowest BCUT2D eigenvalue weighted by atomic mass is 10.0. The van der Waals surface area contributed by atoms with Crippen LogP contribution in [-0.2, 0) is 0 Å². The van der Waals surface area contributed by atoms with Gasteiger partial charge in [0, 0.05) is 30.3 Å². The summed E-state index contributed by atoms with van der Waals surface area (Å²) in [4.78, 5) is 26.7. The first-order chi connectivity index (χ1) is 13.4. The number of ether oxygens (including phenoxy) is 1. The van der Waals surface area contributed by atoms with Crippen LogP contribution in [0, 0.1) is 6.92 Å². The Bertz CT molecular complexity index is 832. The number of rotatable bonds is 5. The molecule has 0 unspecified atom stereocenters. The van der Waals surface area contributed by atoms with E-state index in [2.05, 4.69) is 10.1 Å². The molecule has 1 aliphatic rings. The van der Waals surface area contributed by atoms with Crippen molar-refractivity contribution in [3.8, 4) is 5.75 Å². The zero-order valence-corrected chi connectivity index (χ0v) is 15.5. The van der Waals surface area contributed by atoms with Crippen molar-refractivity contribution in [1.82, 2.24) is 10.2 Å². The Balaban J connectivity index is 1.52. The number of carbonyl (C=O) groups is 2. The molecule has 1 N–H and O–H groups in total. The lowest BCUT2D eigenvalue weighted by Crippen LogP contribution is -2.46. The molecule has 1 heterocycles. The fraction of sp³-hybridized carbons (Fsp3) is 0.333. The second-order valence-corrected chi connectivity index (χ2v) is 6.76. The highest BCUT2D eigenvalue weighted by molar-refractivity contribution is 5.96. The second-order valence-electron chi connectivity index (χ2n) is 6.76. The third kappa shape index (κ3) is 4.85. The largest absolute Gasteiger partial charge is 0.435 e. The summed E-state index contributed by atoms with van der Waals surface area (Å²) in [5, 5.41) is 3.04. The van der Waals surface area contributed by atoms with Crippen molar-refractivity contribution < 1.29 is 23.1 Å². The Labute approximate surface area is 162 Å². The maximum Gasteiger partial charge on any atom is 0.387 e. The molecule has 148 valence electrons. The maximum atomic E-state index is 12.6. The molecule has 2 amide bonds. The van der Waals surface area contributed by atoms with Gasteiger partial charge in [-0.05, 0) is 55.7 Å². The SMILES string of the molecule is Cc1ccccc1C(=O)NC1CCN(C(=O)c2ccc(OC(F)F)cc2)CC1. The number of nitrogens with zero attached hydrogens (tertiary/aromatic N) is 1. The Morgan fingerprint density at radius 3 is 2.32 bits per heavy atom. The van der Waals surface area contributed by atoms with Gasteiger partial charge >= 0.3 is 6.61 Å². The van der Waals surface area contributed by atoms with Gasteiger partial charge in [-0.3, -0.25) is 9.59 Å². The number of alkyl halides is 2. The molecule has 3 rings (SSSR count). The standard InChI is InChI=1S/C21H22F2N2O3/c1-14-4-2-3-5-18(14)19(26)24-16-10-12-25(13-11-16)20(27)15-6-8-17(9-7-15)28-21(22)23/h2-9,16,21H,10-13H2,1H3,(H,24,26). The third-order valence-corrected chi connectivity index (χ3v) is 4.83. The van der Waals surface area contributed by atoms with Crippen molar-refractivity contribution in [3.63, 3.8) is 0 Å². The summed E-state index contributed by atoms with van der Waals surface area (Å²) in [5.41, 5.74) is 2.00. The summed E-state index contributed by atoms with van der Waals surface area (Å²) >= 11 is 0. The fourth-order valence-corrected chi connectivity index (χ4v) is 3.28. The topological polar surface area (TPSA) is 58.6 Å². The van der Waals surface area contributed by atoms with E-state index >= 15 is 0 Å². The number of benzene rings is 2. The molecular weight excluding hydrogens is 366 g/mol. The summed E-state index contributed by atoms with van der Waals surface area (Å²) in [7, 11) is 0. The average Bonchev–Trinajstić information content (AvgIpc) is 2.68. The fourth-order valence-electron chi connectivity index (χ4n) is 3.28. The van der Waals surface area contributed by atoms with Gasteiger partial charge in [0.1, 0.15) is 5.75 Å². The molecule has 1 fully saturated rings. The lowest BCUT2D eigenvalue weighted by molar-refractivity contribution is -0.0498. The molecule has 0 atom stereocenters. The number of aryl methyl sites for hydroxylation is 1. The molecule has 0 spiro atoms. The first-order valence-corrected chi connectivity index (χ1v) is 9.14. The minimum atomic E-state index is -2.89. The van der Waals surface area contributed by atoms with E-state index in [0.717, 1.165) is 5.56 Å². The molecule has 2 aromatic carbocycles. The summed E-state index contributed by atoms with van der Waals surface area (Å²) in [6, 6.07) is 13.1. The van der Waals surface area contributed by atoms with Gasteiger partial charge in [0.05, 0.1) is 0 Å². The van der Waals surface area contributed by atoms with Crippen molar-refractivity contribution in [3.05, 3.63) is 65.2 Å². The van der Waals surface area contributed by atoms with Gasteiger partial charge in [0.25, 0.3) is 11.8 Å². The highest BCUT2D eigenvalue weighted by Gasteiger charge is 2.25. The van der Waals surface area contributed by atoms with Crippen LogP contribution in [0.2, 0.25) is 0 Å². The van der Waals surface area contributed by atoms with Gasteiger partial charge in [-0.15, -0.1) is 0 Å². The van der Waals surface area contributed by atoms with Gasteiger partial charge in [-0.1, -0.05) is 18.2 Å². The van der Waals surface area contributed by atoms with Crippen molar-refractivity contribution >= 4 is 11.8 Å². The van der Waals surface area contributed by atoms with Crippen LogP contribution < -0.4 is 10.1 Å². The summed E-state index contributed by atoms with van der Waals surface area (Å²) in [5.74, 6) is -0.242. The van der Waals surface area contributed by atoms with Crippen LogP contribution >= 0.6 is 0 Å². The van der Waals surface area contributed by atoms with Crippen LogP contribution in [0.3, 0.4) is 0 Å². The van der Waals surface area contributed by atoms with Crippen LogP contribution in [0.5, 0.6) is 5.75 Å². The molecule has 0 aliphatic carbocycles. The number of halogens is 2. The highest BCUT2D eigenvalue weighted by atomic mass is 19.3. The molecule has 1 aliphatic heterocycles. The van der Waals surface area contributed by atoms with Gasteiger partial charge < -0.3 is 15.0 Å². The minimum Gasteiger partial charge on any atom is -0.435 e. The normalized spacial score (nSPS) is 14.8. The predicted octanol–water partition coefficient (Wildman–Crippen LogP) is 3.63. The predicted molar refractivity (Wildman–Crippen MR) is 101 cm³/mol. The zero-order chi connectivity index (χ0) is 20.1. The van der Waals surface area contributed by atoms with Crippen LogP contribution in [-0.4, -0.2) is 42.5 Å². The molecule has 2 aromatic rings. The van der Waals surface area contributed by atoms with Crippen LogP contribution in [0.1, 0.15) is 39.1 Å². The van der Waals surface area contributed by atoms with Gasteiger partial charge in [-0.25, -0.2) is 0 Å². The van der Waals surface area contributed by atoms with E-state index < -0.39 is 6.61 Å². The summed E-state index contributed by atoms with van der Waals surface area (Å²) in [6.45, 7) is 0.0449. The monoisotopic (exact) mass is 388 g/mol. The number of nitrogens with one attached hydrogen (secondary N) is 1. The molecule has 0 aromatic heterocycles. The second kappa shape index (κ2) is 8.82. The average molecular weight is 388 g/mol. The van der Waals surface area contributed by atoms with Gasteiger partial charge in [0.2, 0.25) is 0 Å². The minimum absolute atomic E-state index is 0.0120. The lowest BCUT2D eigenvalue weighted by Gasteiger charge is -2.32. The number of hydrogen-bond donors (Lipinski definition) is 1. The zero-order valence-electron chi connectivity index (χ0n) is 15.5. The van der Waals surface area contributed by atoms with Crippen molar-refractivity contribution in [2.75, 3.05) is 13.1 Å². The molecule has 28 heavy (non-hydrogen) atoms. The van der Waals surface area contributed by atoms with E-state index in [1.807, 2.05) is 25.1 Å². The van der Waals surface area contributed by atoms with Crippen LogP contribution in [0.4, 0.5) is 8.78 Å². The van der Waals surface area contributed by atoms with E-state index in [9.17, 15) is 18.4 Å². The van der Waals surface area contributed by atoms with Crippen molar-refractivity contribution in [2.24, 2.45) is 0 Å². The van der Waals surface area contributed by atoms with E-state index in [1.54, 1.807) is 11.0 Å². The number of piperidine rings is 1. The molecule has 0 saturated carbocycles. The first-order valence-electron chi connectivity index (χ1n) is 9.14. The van der Waals surface area contributed by atoms with E-state index in [4.69, 9.17) is 0 Å². The molecule has 0 bridgehead atoms. The molecular formula is C21H22F2N2O3. The number of amides is 2. The van der Waals surface area contributed by atoms with Crippen LogP contribution in [0.15, 0.2) is 48.5 Å². The number of carbonyl (C=O) groups excluding carboxylic acids is 2. The summed E-state index contributed by atoms with van der Waals surface area (Å²) in [6.07, 6.45) is 1.33. The van der Waals surface area contributed by atoms with E-state index in [-0.39, 0.29) is 23.6 Å². The van der Waals surface area contributed by atoms with E-state index in [0.29, 0.717) is 37.1 Å². The Hall–Kier alpha value is -2.96. The maximum absolute atomic E-state index is 12.6. The Morgan fingerprint density at radius 1 is 1.07 bits per heavy atom. The molecule has 0 radical (unpaired) electrons. The first kappa shape index (κ1) is 19.8. The Morgan fingerprint density at radius 2 is 1.71 bits per heavy atom. The van der Waals surface area contributed by atoms with Gasteiger partial charge in [-0.2, -0.15) is 8.78 Å². The number of hydrogen-bond acceptors (Lipinski definition) is 3. The molecule has 7 heteroatoms. The molecule has 5 nitrogen and oxygen atoms in total. The van der Waals surface area contributed by atoms with Crippen molar-refractivity contribution in [2.45, 2.75) is 32.4 Å². The quantitative estimate of drug-likeness (QED) is 0.851. The Kier molecular flexibility index (Phi) is 6.23. The van der Waals surface area contributed by atoms with Gasteiger partial charge in [0.15, 0.2) is 0 Å². The molecule has 1 saturated heterocycles. The third-order valence-electron chi connectivity index (χ3n) is 4.83. The van der Waals surface area contributed by atoms with Crippen molar-refractivity contribution in [1.29, 1.82) is 0 Å². The highest BCUT2D eigenvalue weighted by Crippen LogP contribution is 2.19.